The van der Waals surface area contributed by atoms with Crippen molar-refractivity contribution in [3.63, 3.8) is 0 Å². The van der Waals surface area contributed by atoms with Crippen molar-refractivity contribution >= 4 is 6.41 Å². The molecule has 0 aliphatic carbocycles. The minimum atomic E-state index is -4.29. The van der Waals surface area contributed by atoms with Gasteiger partial charge in [0.25, 0.3) is 0 Å². The predicted molar refractivity (Wildman–Crippen MR) is 67.1 cm³/mol. The number of nitrogens with two attached hydrogens (primary N) is 1. The van der Waals surface area contributed by atoms with Crippen LogP contribution in [0.25, 0.3) is 11.1 Å². The number of alkyl halides is 3. The maximum atomic E-state index is 12.5. The Labute approximate surface area is 108 Å². The molecule has 0 radical (unpaired) electrons. The molecule has 0 bridgehead atoms. The lowest BCUT2D eigenvalue weighted by Gasteiger charge is -2.08. The summed E-state index contributed by atoms with van der Waals surface area (Å²) in [6.45, 7) is 0. The van der Waals surface area contributed by atoms with Gasteiger partial charge in [0, 0.05) is 0 Å². The van der Waals surface area contributed by atoms with Gasteiger partial charge in [0.15, 0.2) is 0 Å². The van der Waals surface area contributed by atoms with Crippen molar-refractivity contribution in [3.8, 4) is 11.1 Å². The fourth-order valence-corrected chi connectivity index (χ4v) is 1.51. The topological polar surface area (TPSA) is 43.1 Å². The van der Waals surface area contributed by atoms with Gasteiger partial charge in [0.1, 0.15) is 0 Å². The Hall–Kier alpha value is -2.30. The molecule has 2 N–H and O–H groups in total. The highest BCUT2D eigenvalue weighted by Gasteiger charge is 2.30. The van der Waals surface area contributed by atoms with E-state index in [1.54, 1.807) is 30.3 Å². The largest absolute Gasteiger partial charge is 0.416 e. The molecule has 2 aromatic carbocycles. The number of benzene rings is 2. The normalized spacial score (nSPS) is 10.3. The number of hydrogen-bond donors (Lipinski definition) is 1. The summed E-state index contributed by atoms with van der Waals surface area (Å²) in [7, 11) is 0. The first-order valence-electron chi connectivity index (χ1n) is 5.37. The number of halogens is 3. The zero-order chi connectivity index (χ0) is 14.3. The van der Waals surface area contributed by atoms with Crippen molar-refractivity contribution in [2.24, 2.45) is 5.73 Å². The molecule has 0 spiro atoms. The fourth-order valence-electron chi connectivity index (χ4n) is 1.51. The summed E-state index contributed by atoms with van der Waals surface area (Å²) in [5.74, 6) is 0. The molecule has 0 atom stereocenters. The van der Waals surface area contributed by atoms with Crippen LogP contribution in [0.15, 0.2) is 54.6 Å². The van der Waals surface area contributed by atoms with E-state index in [4.69, 9.17) is 4.79 Å². The van der Waals surface area contributed by atoms with E-state index in [0.717, 1.165) is 17.7 Å². The van der Waals surface area contributed by atoms with Crippen LogP contribution in [0.3, 0.4) is 0 Å². The molecule has 0 unspecified atom stereocenters. The summed E-state index contributed by atoms with van der Waals surface area (Å²) in [4.78, 5) is 8.58. The van der Waals surface area contributed by atoms with Crippen molar-refractivity contribution in [1.82, 2.24) is 0 Å². The Morgan fingerprint density at radius 1 is 0.895 bits per heavy atom. The third-order valence-electron chi connectivity index (χ3n) is 2.30. The second kappa shape index (κ2) is 6.58. The van der Waals surface area contributed by atoms with Crippen LogP contribution in [0.1, 0.15) is 5.56 Å². The van der Waals surface area contributed by atoms with Gasteiger partial charge in [-0.1, -0.05) is 42.5 Å². The molecule has 2 rings (SSSR count). The van der Waals surface area contributed by atoms with Crippen molar-refractivity contribution < 1.29 is 18.0 Å². The lowest BCUT2D eigenvalue weighted by molar-refractivity contribution is -0.137. The molecule has 0 aromatic heterocycles. The minimum Gasteiger partial charge on any atom is -0.372 e. The molecular weight excluding hydrogens is 255 g/mol. The van der Waals surface area contributed by atoms with Gasteiger partial charge in [-0.2, -0.15) is 13.2 Å². The number of primary amides is 1. The number of carbonyl (C=O) groups excluding carboxylic acids is 1. The molecule has 100 valence electrons. The van der Waals surface area contributed by atoms with E-state index < -0.39 is 11.7 Å². The summed E-state index contributed by atoms with van der Waals surface area (Å²) >= 11 is 0. The van der Waals surface area contributed by atoms with E-state index in [9.17, 15) is 13.2 Å². The van der Waals surface area contributed by atoms with Crippen LogP contribution in [-0.4, -0.2) is 6.41 Å². The Morgan fingerprint density at radius 2 is 1.42 bits per heavy atom. The second-order valence-corrected chi connectivity index (χ2v) is 3.58. The van der Waals surface area contributed by atoms with Gasteiger partial charge in [0.05, 0.1) is 5.56 Å². The summed E-state index contributed by atoms with van der Waals surface area (Å²) in [6, 6.07) is 14.3. The van der Waals surface area contributed by atoms with Gasteiger partial charge >= 0.3 is 6.18 Å². The summed E-state index contributed by atoms with van der Waals surface area (Å²) < 4.78 is 37.5. The van der Waals surface area contributed by atoms with Crippen LogP contribution in [0.5, 0.6) is 0 Å². The van der Waals surface area contributed by atoms with Crippen molar-refractivity contribution in [3.05, 3.63) is 60.2 Å². The minimum absolute atomic E-state index is 0.250. The molecule has 19 heavy (non-hydrogen) atoms. The molecule has 2 aromatic rings. The van der Waals surface area contributed by atoms with Crippen LogP contribution in [0.4, 0.5) is 13.2 Å². The van der Waals surface area contributed by atoms with E-state index in [0.29, 0.717) is 5.56 Å². The number of amides is 1. The monoisotopic (exact) mass is 267 g/mol. The molecule has 0 fully saturated rings. The van der Waals surface area contributed by atoms with Crippen LogP contribution in [0.2, 0.25) is 0 Å². The fraction of sp³-hybridized carbons (Fsp3) is 0.0714. The maximum absolute atomic E-state index is 12.5. The van der Waals surface area contributed by atoms with Crippen molar-refractivity contribution in [2.75, 3.05) is 0 Å². The Kier molecular flexibility index (Phi) is 5.11. The smallest absolute Gasteiger partial charge is 0.372 e. The third kappa shape index (κ3) is 4.46. The molecular formula is C14H12F3NO. The van der Waals surface area contributed by atoms with Gasteiger partial charge in [-0.25, -0.2) is 0 Å². The SMILES string of the molecule is FC(F)(F)c1cccc(-c2ccccc2)c1.NC=O. The third-order valence-corrected chi connectivity index (χ3v) is 2.30. The second-order valence-electron chi connectivity index (χ2n) is 3.58. The molecule has 0 aliphatic rings. The van der Waals surface area contributed by atoms with Gasteiger partial charge in [0.2, 0.25) is 6.41 Å². The lowest BCUT2D eigenvalue weighted by atomic mass is 10.0. The van der Waals surface area contributed by atoms with Gasteiger partial charge in [-0.15, -0.1) is 0 Å². The first kappa shape index (κ1) is 14.8. The molecule has 0 saturated heterocycles. The van der Waals surface area contributed by atoms with Gasteiger partial charge in [-0.3, -0.25) is 4.79 Å². The first-order valence-corrected chi connectivity index (χ1v) is 5.37. The number of carbonyl (C=O) groups is 1. The summed E-state index contributed by atoms with van der Waals surface area (Å²) in [6.07, 6.45) is -4.04. The molecule has 1 amide bonds. The number of rotatable bonds is 1. The highest BCUT2D eigenvalue weighted by atomic mass is 19.4. The Bertz CT molecular complexity index is 524. The average molecular weight is 267 g/mol. The number of hydrogen-bond acceptors (Lipinski definition) is 1. The van der Waals surface area contributed by atoms with Crippen LogP contribution >= 0.6 is 0 Å². The van der Waals surface area contributed by atoms with Crippen molar-refractivity contribution in [2.45, 2.75) is 6.18 Å². The van der Waals surface area contributed by atoms with Crippen LogP contribution in [0, 0.1) is 0 Å². The van der Waals surface area contributed by atoms with Crippen LogP contribution < -0.4 is 5.73 Å². The zero-order valence-electron chi connectivity index (χ0n) is 9.89. The highest BCUT2D eigenvalue weighted by Crippen LogP contribution is 2.31. The van der Waals surface area contributed by atoms with E-state index in [1.165, 1.54) is 6.07 Å². The lowest BCUT2D eigenvalue weighted by Crippen LogP contribution is -2.04. The Morgan fingerprint density at radius 3 is 1.95 bits per heavy atom. The Balaban J connectivity index is 0.000000550. The summed E-state index contributed by atoms with van der Waals surface area (Å²) in [5, 5.41) is 0. The van der Waals surface area contributed by atoms with E-state index in [2.05, 4.69) is 5.73 Å². The van der Waals surface area contributed by atoms with Crippen LogP contribution in [-0.2, 0) is 11.0 Å². The van der Waals surface area contributed by atoms with Crippen molar-refractivity contribution in [1.29, 1.82) is 0 Å². The standard InChI is InChI=1S/C13H9F3.CH3NO/c14-13(15,16)12-8-4-7-11(9-12)10-5-2-1-3-6-10;2-1-3/h1-9H;1H,(H2,2,3). The summed E-state index contributed by atoms with van der Waals surface area (Å²) in [5.41, 5.74) is 4.91. The predicted octanol–water partition coefficient (Wildman–Crippen LogP) is 3.47. The molecule has 0 heterocycles. The molecule has 2 nitrogen and oxygen atoms in total. The first-order chi connectivity index (χ1) is 8.99. The maximum Gasteiger partial charge on any atom is 0.416 e. The molecule has 0 saturated carbocycles. The highest BCUT2D eigenvalue weighted by molar-refractivity contribution is 5.64. The van der Waals surface area contributed by atoms with E-state index >= 15 is 0 Å². The molecule has 0 aliphatic heterocycles. The van der Waals surface area contributed by atoms with Gasteiger partial charge in [-0.05, 0) is 23.3 Å². The van der Waals surface area contributed by atoms with Gasteiger partial charge < -0.3 is 5.73 Å². The quantitative estimate of drug-likeness (QED) is 0.790. The van der Waals surface area contributed by atoms with E-state index in [1.807, 2.05) is 6.07 Å². The van der Waals surface area contributed by atoms with E-state index in [-0.39, 0.29) is 6.41 Å². The average Bonchev–Trinajstić information content (AvgIpc) is 2.40. The zero-order valence-corrected chi connectivity index (χ0v) is 9.89. The molecule has 5 heteroatoms.